The highest BCUT2D eigenvalue weighted by Crippen LogP contribution is 2.31. The largest absolute Gasteiger partial charge is 0.493 e. The molecule has 0 aliphatic carbocycles. The van der Waals surface area contributed by atoms with E-state index in [0.29, 0.717) is 36.5 Å². The van der Waals surface area contributed by atoms with Crippen LogP contribution in [0.5, 0.6) is 11.5 Å². The van der Waals surface area contributed by atoms with E-state index < -0.39 is 0 Å². The van der Waals surface area contributed by atoms with Crippen LogP contribution >= 0.6 is 0 Å². The summed E-state index contributed by atoms with van der Waals surface area (Å²) in [6, 6.07) is 13.8. The minimum atomic E-state index is -0.0479. The fraction of sp³-hybridized carbons (Fsp3) is 0.318. The number of aryl methyl sites for hydroxylation is 1. The second-order valence-corrected chi connectivity index (χ2v) is 6.96. The van der Waals surface area contributed by atoms with Crippen LogP contribution in [0.1, 0.15) is 24.4 Å². The molecule has 0 saturated carbocycles. The van der Waals surface area contributed by atoms with Gasteiger partial charge < -0.3 is 19.5 Å². The summed E-state index contributed by atoms with van der Waals surface area (Å²) in [6.45, 7) is 4.92. The molecule has 2 aromatic carbocycles. The van der Waals surface area contributed by atoms with Gasteiger partial charge in [0.25, 0.3) is 0 Å². The SMILES string of the molecule is COCCOc1ccc(C(C)Nc2nc3ccccc3c3nc(C)nn23)cc1OC. The van der Waals surface area contributed by atoms with Gasteiger partial charge in [0.15, 0.2) is 17.1 Å². The minimum absolute atomic E-state index is 0.0479. The third kappa shape index (κ3) is 3.86. The van der Waals surface area contributed by atoms with E-state index in [2.05, 4.69) is 22.3 Å². The molecule has 4 aromatic rings. The number of rotatable bonds is 8. The van der Waals surface area contributed by atoms with E-state index in [9.17, 15) is 0 Å². The summed E-state index contributed by atoms with van der Waals surface area (Å²) >= 11 is 0. The lowest BCUT2D eigenvalue weighted by Crippen LogP contribution is -2.13. The summed E-state index contributed by atoms with van der Waals surface area (Å²) < 4.78 is 18.0. The van der Waals surface area contributed by atoms with Gasteiger partial charge in [0.2, 0.25) is 5.95 Å². The molecular formula is C22H25N5O3. The quantitative estimate of drug-likeness (QED) is 0.445. The van der Waals surface area contributed by atoms with Crippen molar-refractivity contribution in [2.75, 3.05) is 32.8 Å². The molecular weight excluding hydrogens is 382 g/mol. The van der Waals surface area contributed by atoms with Crippen molar-refractivity contribution in [3.63, 3.8) is 0 Å². The molecule has 0 aliphatic rings. The van der Waals surface area contributed by atoms with Crippen molar-refractivity contribution < 1.29 is 14.2 Å². The number of methoxy groups -OCH3 is 2. The van der Waals surface area contributed by atoms with Gasteiger partial charge in [0, 0.05) is 12.5 Å². The second kappa shape index (κ2) is 8.54. The standard InChI is InChI=1S/C22H25N5O3/c1-14(16-9-10-19(20(13-16)29-4)30-12-11-28-3)23-22-25-18-8-6-5-7-17(18)21-24-15(2)26-27(21)22/h5-10,13-14H,11-12H2,1-4H3,(H,23,25). The summed E-state index contributed by atoms with van der Waals surface area (Å²) in [5, 5.41) is 8.95. The van der Waals surface area contributed by atoms with Crippen LogP contribution in [0.2, 0.25) is 0 Å². The Balaban J connectivity index is 1.65. The average Bonchev–Trinajstić information content (AvgIpc) is 3.16. The maximum absolute atomic E-state index is 5.72. The Hall–Kier alpha value is -3.39. The van der Waals surface area contributed by atoms with E-state index in [1.54, 1.807) is 18.7 Å². The Labute approximate surface area is 174 Å². The summed E-state index contributed by atoms with van der Waals surface area (Å²) in [4.78, 5) is 9.35. The van der Waals surface area contributed by atoms with E-state index in [1.807, 2.05) is 49.4 Å². The molecule has 1 N–H and O–H groups in total. The Morgan fingerprint density at radius 1 is 1.03 bits per heavy atom. The van der Waals surface area contributed by atoms with Crippen LogP contribution in [0.3, 0.4) is 0 Å². The van der Waals surface area contributed by atoms with E-state index in [1.165, 1.54) is 0 Å². The molecule has 0 spiro atoms. The molecule has 8 nitrogen and oxygen atoms in total. The average molecular weight is 407 g/mol. The Bertz CT molecular complexity index is 1170. The molecule has 0 radical (unpaired) electrons. The van der Waals surface area contributed by atoms with Crippen molar-refractivity contribution in [1.29, 1.82) is 0 Å². The van der Waals surface area contributed by atoms with E-state index in [4.69, 9.17) is 19.2 Å². The third-order valence-corrected chi connectivity index (χ3v) is 4.86. The van der Waals surface area contributed by atoms with Crippen molar-refractivity contribution in [2.24, 2.45) is 0 Å². The van der Waals surface area contributed by atoms with Crippen LogP contribution in [0.15, 0.2) is 42.5 Å². The van der Waals surface area contributed by atoms with Gasteiger partial charge in [-0.3, -0.25) is 0 Å². The predicted octanol–water partition coefficient (Wildman–Crippen LogP) is 3.79. The van der Waals surface area contributed by atoms with Gasteiger partial charge in [0.1, 0.15) is 12.4 Å². The number of hydrogen-bond donors (Lipinski definition) is 1. The number of aromatic nitrogens is 4. The monoisotopic (exact) mass is 407 g/mol. The number of ether oxygens (including phenoxy) is 3. The molecule has 0 fully saturated rings. The van der Waals surface area contributed by atoms with Gasteiger partial charge in [-0.05, 0) is 43.7 Å². The highest BCUT2D eigenvalue weighted by Gasteiger charge is 2.16. The number of nitrogens with zero attached hydrogens (tertiary/aromatic N) is 4. The van der Waals surface area contributed by atoms with Crippen molar-refractivity contribution in [2.45, 2.75) is 19.9 Å². The number of para-hydroxylation sites is 1. The first kappa shape index (κ1) is 19.9. The Morgan fingerprint density at radius 2 is 1.87 bits per heavy atom. The van der Waals surface area contributed by atoms with E-state index in [0.717, 1.165) is 22.1 Å². The number of hydrogen-bond acceptors (Lipinski definition) is 7. The summed E-state index contributed by atoms with van der Waals surface area (Å²) in [6.07, 6.45) is 0. The molecule has 0 bridgehead atoms. The molecule has 0 aliphatic heterocycles. The summed E-state index contributed by atoms with van der Waals surface area (Å²) in [5.41, 5.74) is 2.68. The molecule has 0 saturated heterocycles. The van der Waals surface area contributed by atoms with E-state index >= 15 is 0 Å². The van der Waals surface area contributed by atoms with Crippen molar-refractivity contribution in [3.05, 3.63) is 53.9 Å². The Morgan fingerprint density at radius 3 is 2.67 bits per heavy atom. The van der Waals surface area contributed by atoms with Crippen molar-refractivity contribution >= 4 is 22.5 Å². The van der Waals surface area contributed by atoms with Crippen LogP contribution in [0.4, 0.5) is 5.95 Å². The maximum atomic E-state index is 5.72. The van der Waals surface area contributed by atoms with Crippen LogP contribution in [0, 0.1) is 6.92 Å². The van der Waals surface area contributed by atoms with Crippen molar-refractivity contribution in [1.82, 2.24) is 19.6 Å². The summed E-state index contributed by atoms with van der Waals surface area (Å²) in [7, 11) is 3.28. The van der Waals surface area contributed by atoms with E-state index in [-0.39, 0.29) is 6.04 Å². The van der Waals surface area contributed by atoms with Gasteiger partial charge in [-0.2, -0.15) is 4.52 Å². The number of nitrogens with one attached hydrogen (secondary N) is 1. The van der Waals surface area contributed by atoms with Crippen LogP contribution in [-0.2, 0) is 4.74 Å². The molecule has 4 rings (SSSR count). The van der Waals surface area contributed by atoms with Gasteiger partial charge in [-0.25, -0.2) is 9.97 Å². The zero-order valence-electron chi connectivity index (χ0n) is 17.5. The predicted molar refractivity (Wildman–Crippen MR) is 115 cm³/mol. The van der Waals surface area contributed by atoms with Crippen LogP contribution in [0.25, 0.3) is 16.6 Å². The smallest absolute Gasteiger partial charge is 0.226 e. The molecule has 8 heteroatoms. The van der Waals surface area contributed by atoms with Crippen molar-refractivity contribution in [3.8, 4) is 11.5 Å². The second-order valence-electron chi connectivity index (χ2n) is 6.96. The molecule has 0 amide bonds. The summed E-state index contributed by atoms with van der Waals surface area (Å²) in [5.74, 6) is 2.69. The molecule has 2 heterocycles. The lowest BCUT2D eigenvalue weighted by atomic mass is 10.1. The fourth-order valence-electron chi connectivity index (χ4n) is 3.34. The first-order chi connectivity index (χ1) is 14.6. The van der Waals surface area contributed by atoms with Crippen LogP contribution < -0.4 is 14.8 Å². The normalized spacial score (nSPS) is 12.3. The molecule has 30 heavy (non-hydrogen) atoms. The molecule has 1 atom stereocenters. The third-order valence-electron chi connectivity index (χ3n) is 4.86. The minimum Gasteiger partial charge on any atom is -0.493 e. The number of anilines is 1. The topological polar surface area (TPSA) is 82.8 Å². The first-order valence-corrected chi connectivity index (χ1v) is 9.79. The van der Waals surface area contributed by atoms with Gasteiger partial charge >= 0.3 is 0 Å². The lowest BCUT2D eigenvalue weighted by Gasteiger charge is -2.18. The van der Waals surface area contributed by atoms with Gasteiger partial charge in [0.05, 0.1) is 25.3 Å². The van der Waals surface area contributed by atoms with Gasteiger partial charge in [-0.1, -0.05) is 18.2 Å². The highest BCUT2D eigenvalue weighted by atomic mass is 16.5. The van der Waals surface area contributed by atoms with Gasteiger partial charge in [-0.15, -0.1) is 5.10 Å². The highest BCUT2D eigenvalue weighted by molar-refractivity contribution is 5.92. The maximum Gasteiger partial charge on any atom is 0.226 e. The molecule has 156 valence electrons. The molecule has 1 unspecified atom stereocenters. The lowest BCUT2D eigenvalue weighted by molar-refractivity contribution is 0.144. The number of fused-ring (bicyclic) bond motifs is 3. The molecule has 2 aromatic heterocycles. The number of benzene rings is 2. The fourth-order valence-corrected chi connectivity index (χ4v) is 3.34. The Kier molecular flexibility index (Phi) is 5.67. The van der Waals surface area contributed by atoms with Crippen LogP contribution in [-0.4, -0.2) is 47.0 Å². The first-order valence-electron chi connectivity index (χ1n) is 9.79. The zero-order valence-corrected chi connectivity index (χ0v) is 17.5. The zero-order chi connectivity index (χ0) is 21.1.